The van der Waals surface area contributed by atoms with Crippen LogP contribution in [0.3, 0.4) is 0 Å². The van der Waals surface area contributed by atoms with Crippen molar-refractivity contribution in [1.82, 2.24) is 5.32 Å². The summed E-state index contributed by atoms with van der Waals surface area (Å²) in [5.74, 6) is -0.203. The lowest BCUT2D eigenvalue weighted by atomic mass is 10.1. The molecule has 0 atom stereocenters. The fourth-order valence-corrected chi connectivity index (χ4v) is 2.47. The van der Waals surface area contributed by atoms with E-state index in [1.54, 1.807) is 6.07 Å². The van der Waals surface area contributed by atoms with Crippen LogP contribution in [0.2, 0.25) is 0 Å². The van der Waals surface area contributed by atoms with Gasteiger partial charge in [-0.15, -0.1) is 0 Å². The monoisotopic (exact) mass is 462 g/mol. The summed E-state index contributed by atoms with van der Waals surface area (Å²) in [6, 6.07) is 15.5. The predicted octanol–water partition coefficient (Wildman–Crippen LogP) is 6.87. The Bertz CT molecular complexity index is 683. The summed E-state index contributed by atoms with van der Waals surface area (Å²) in [7, 11) is 2.01. The molecular formula is C28H47FN2O2. The lowest BCUT2D eigenvalue weighted by Crippen LogP contribution is -2.31. The zero-order chi connectivity index (χ0) is 25.9. The number of hydrogen-bond donors (Lipinski definition) is 2. The number of hydrogen-bond acceptors (Lipinski definition) is 3. The number of benzene rings is 2. The second-order valence-corrected chi connectivity index (χ2v) is 6.11. The lowest BCUT2D eigenvalue weighted by molar-refractivity contribution is -0.106. The molecule has 3 rings (SSSR count). The molecular weight excluding hydrogens is 415 g/mol. The number of nitrogens with two attached hydrogens (primary N) is 1. The van der Waals surface area contributed by atoms with Gasteiger partial charge in [0.2, 0.25) is 6.41 Å². The Hall–Kier alpha value is -2.50. The van der Waals surface area contributed by atoms with Gasteiger partial charge in [-0.1, -0.05) is 95.7 Å². The second-order valence-electron chi connectivity index (χ2n) is 6.11. The van der Waals surface area contributed by atoms with Crippen LogP contribution in [0, 0.1) is 12.7 Å². The molecule has 188 valence electrons. The van der Waals surface area contributed by atoms with E-state index in [4.69, 9.17) is 9.53 Å². The molecule has 1 aliphatic rings. The molecule has 0 saturated carbocycles. The van der Waals surface area contributed by atoms with Crippen LogP contribution in [-0.4, -0.2) is 32.7 Å². The van der Waals surface area contributed by atoms with Crippen LogP contribution < -0.4 is 11.1 Å². The van der Waals surface area contributed by atoms with Gasteiger partial charge < -0.3 is 15.8 Å². The number of carbonyl (C=O) groups is 1. The van der Waals surface area contributed by atoms with E-state index in [0.29, 0.717) is 6.04 Å². The second kappa shape index (κ2) is 27.5. The highest BCUT2D eigenvalue weighted by Gasteiger charge is 2.09. The van der Waals surface area contributed by atoms with Gasteiger partial charge in [0.15, 0.2) is 0 Å². The minimum absolute atomic E-state index is 0.203. The average Bonchev–Trinajstić information content (AvgIpc) is 2.89. The van der Waals surface area contributed by atoms with E-state index in [1.807, 2.05) is 78.9 Å². The molecule has 1 aliphatic heterocycles. The van der Waals surface area contributed by atoms with E-state index in [1.165, 1.54) is 30.5 Å². The molecule has 4 nitrogen and oxygen atoms in total. The number of ether oxygens (including phenoxy) is 1. The predicted molar refractivity (Wildman–Crippen MR) is 144 cm³/mol. The van der Waals surface area contributed by atoms with Crippen LogP contribution in [0.5, 0.6) is 0 Å². The Balaban J connectivity index is -0.000000445. The van der Waals surface area contributed by atoms with Crippen molar-refractivity contribution in [2.24, 2.45) is 5.73 Å². The summed E-state index contributed by atoms with van der Waals surface area (Å²) in [5, 5.41) is 3.22. The zero-order valence-corrected chi connectivity index (χ0v) is 22.0. The molecule has 0 aromatic heterocycles. The average molecular weight is 463 g/mol. The number of nitrogens with one attached hydrogen (secondary N) is 1. The third-order valence-electron chi connectivity index (χ3n) is 4.02. The largest absolute Gasteiger partial charge is 0.381 e. The van der Waals surface area contributed by atoms with Crippen LogP contribution in [0.15, 0.2) is 48.5 Å². The smallest absolute Gasteiger partial charge is 0.204 e. The fourth-order valence-electron chi connectivity index (χ4n) is 2.47. The molecule has 3 N–H and O–H groups in total. The van der Waals surface area contributed by atoms with E-state index >= 15 is 0 Å². The van der Waals surface area contributed by atoms with Crippen molar-refractivity contribution >= 4 is 18.6 Å². The van der Waals surface area contributed by atoms with Crippen LogP contribution in [0.1, 0.15) is 71.1 Å². The van der Waals surface area contributed by atoms with Crippen LogP contribution in [0.25, 0.3) is 12.2 Å². The molecule has 2 aromatic rings. The first-order chi connectivity index (χ1) is 16.1. The van der Waals surface area contributed by atoms with Gasteiger partial charge in [-0.05, 0) is 50.1 Å². The van der Waals surface area contributed by atoms with Gasteiger partial charge in [0, 0.05) is 19.3 Å². The summed E-state index contributed by atoms with van der Waals surface area (Å²) in [4.78, 5) is 8.58. The number of amides is 1. The molecule has 2 aromatic carbocycles. The fraction of sp³-hybridized carbons (Fsp3) is 0.464. The summed E-state index contributed by atoms with van der Waals surface area (Å²) in [5.41, 5.74) is 7.40. The van der Waals surface area contributed by atoms with Crippen molar-refractivity contribution in [3.8, 4) is 0 Å². The van der Waals surface area contributed by atoms with Crippen molar-refractivity contribution in [1.29, 1.82) is 0 Å². The Morgan fingerprint density at radius 3 is 1.82 bits per heavy atom. The van der Waals surface area contributed by atoms with E-state index in [0.717, 1.165) is 24.3 Å². The maximum Gasteiger partial charge on any atom is 0.204 e. The van der Waals surface area contributed by atoms with Gasteiger partial charge in [0.05, 0.1) is 0 Å². The van der Waals surface area contributed by atoms with Crippen LogP contribution in [0.4, 0.5) is 4.39 Å². The van der Waals surface area contributed by atoms with Crippen molar-refractivity contribution in [2.75, 3.05) is 20.3 Å². The zero-order valence-electron chi connectivity index (χ0n) is 22.0. The molecule has 0 unspecified atom stereocenters. The third kappa shape index (κ3) is 21.1. The number of aryl methyl sites for hydroxylation is 1. The molecule has 0 bridgehead atoms. The Kier molecular flexibility index (Phi) is 29.3. The van der Waals surface area contributed by atoms with Gasteiger partial charge in [-0.25, -0.2) is 4.39 Å². The maximum atomic E-state index is 12.9. The molecule has 33 heavy (non-hydrogen) atoms. The van der Waals surface area contributed by atoms with Gasteiger partial charge in [-0.3, -0.25) is 4.79 Å². The number of rotatable bonds is 3. The van der Waals surface area contributed by atoms with E-state index in [-0.39, 0.29) is 12.2 Å². The Morgan fingerprint density at radius 1 is 0.909 bits per heavy atom. The molecule has 5 heteroatoms. The number of halogens is 1. The van der Waals surface area contributed by atoms with E-state index in [9.17, 15) is 4.39 Å². The minimum atomic E-state index is -0.203. The number of primary amides is 1. The number of carbonyl (C=O) groups excluding carboxylic acids is 1. The normalized spacial score (nSPS) is 11.9. The first kappa shape index (κ1) is 35.1. The summed E-state index contributed by atoms with van der Waals surface area (Å²) in [6.45, 7) is 15.9. The molecule has 1 fully saturated rings. The van der Waals surface area contributed by atoms with Gasteiger partial charge in [0.25, 0.3) is 0 Å². The maximum absolute atomic E-state index is 12.9. The first-order valence-electron chi connectivity index (χ1n) is 12.0. The summed E-state index contributed by atoms with van der Waals surface area (Å²) >= 11 is 0. The molecule has 1 saturated heterocycles. The van der Waals surface area contributed by atoms with Crippen molar-refractivity contribution in [3.63, 3.8) is 0 Å². The molecule has 1 heterocycles. The summed E-state index contributed by atoms with van der Waals surface area (Å²) in [6.07, 6.45) is 6.50. The standard InChI is InChI=1S/C15H13F.C6H13NO.3C2H6.CH3NO/c1-12-5-7-13(8-6-12)9-10-14-3-2-4-15(16)11-14;1-7-6-2-4-8-5-3-6;3*1-2;2-1-3/h2-11H,1H3;6-7H,2-5H2,1H3;3*1-2H3;1H,(H2,2,3)/b10-9+;;;;;. The topological polar surface area (TPSA) is 64.3 Å². The van der Waals surface area contributed by atoms with Gasteiger partial charge >= 0.3 is 0 Å². The van der Waals surface area contributed by atoms with Crippen molar-refractivity contribution in [2.45, 2.75) is 67.3 Å². The molecule has 0 aliphatic carbocycles. The third-order valence-corrected chi connectivity index (χ3v) is 4.02. The first-order valence-corrected chi connectivity index (χ1v) is 12.0. The highest BCUT2D eigenvalue weighted by atomic mass is 19.1. The van der Waals surface area contributed by atoms with Crippen LogP contribution in [-0.2, 0) is 9.53 Å². The Morgan fingerprint density at radius 2 is 1.39 bits per heavy atom. The van der Waals surface area contributed by atoms with Crippen LogP contribution >= 0.6 is 0 Å². The van der Waals surface area contributed by atoms with Crippen molar-refractivity contribution in [3.05, 3.63) is 71.0 Å². The highest BCUT2D eigenvalue weighted by molar-refractivity contribution is 5.69. The van der Waals surface area contributed by atoms with Gasteiger partial charge in [0.1, 0.15) is 5.82 Å². The minimum Gasteiger partial charge on any atom is -0.381 e. The molecule has 1 amide bonds. The van der Waals surface area contributed by atoms with E-state index in [2.05, 4.69) is 30.1 Å². The SMILES string of the molecule is CC.CC.CC.CNC1CCOCC1.Cc1ccc(/C=C/c2cccc(F)c2)cc1.NC=O. The molecule has 0 radical (unpaired) electrons. The quantitative estimate of drug-likeness (QED) is 0.386. The van der Waals surface area contributed by atoms with Crippen molar-refractivity contribution < 1.29 is 13.9 Å². The highest BCUT2D eigenvalue weighted by Crippen LogP contribution is 2.10. The van der Waals surface area contributed by atoms with Gasteiger partial charge in [-0.2, -0.15) is 0 Å². The van der Waals surface area contributed by atoms with E-state index < -0.39 is 0 Å². The Labute approximate surface area is 202 Å². The lowest BCUT2D eigenvalue weighted by Gasteiger charge is -2.20. The summed E-state index contributed by atoms with van der Waals surface area (Å²) < 4.78 is 18.1. The molecule has 0 spiro atoms.